The fourth-order valence-electron chi connectivity index (χ4n) is 2.47. The maximum atomic E-state index is 11.6. The molecular formula is C15H28O4. The van der Waals surface area contributed by atoms with E-state index in [1.807, 2.05) is 0 Å². The van der Waals surface area contributed by atoms with E-state index in [0.717, 1.165) is 38.5 Å². The Morgan fingerprint density at radius 2 is 1.32 bits per heavy atom. The van der Waals surface area contributed by atoms with Gasteiger partial charge in [0.25, 0.3) is 0 Å². The molecule has 2 N–H and O–H groups in total. The molecular weight excluding hydrogens is 244 g/mol. The quantitative estimate of drug-likeness (QED) is 0.525. The minimum atomic E-state index is -0.906. The molecule has 4 nitrogen and oxygen atoms in total. The lowest BCUT2D eigenvalue weighted by atomic mass is 9.74. The summed E-state index contributed by atoms with van der Waals surface area (Å²) >= 11 is 0. The molecule has 19 heavy (non-hydrogen) atoms. The van der Waals surface area contributed by atoms with E-state index in [4.69, 9.17) is 5.11 Å². The topological polar surface area (TPSA) is 74.6 Å². The van der Waals surface area contributed by atoms with Crippen molar-refractivity contribution in [3.8, 4) is 0 Å². The van der Waals surface area contributed by atoms with Gasteiger partial charge in [-0.25, -0.2) is 0 Å². The molecule has 0 atom stereocenters. The first-order valence-corrected chi connectivity index (χ1v) is 7.43. The molecule has 4 heteroatoms. The maximum Gasteiger partial charge on any atom is 0.309 e. The van der Waals surface area contributed by atoms with Crippen LogP contribution in [-0.4, -0.2) is 22.2 Å². The van der Waals surface area contributed by atoms with Gasteiger partial charge in [-0.1, -0.05) is 52.4 Å². The average molecular weight is 272 g/mol. The van der Waals surface area contributed by atoms with Crippen molar-refractivity contribution >= 4 is 11.9 Å². The number of rotatable bonds is 12. The molecule has 0 aliphatic heterocycles. The van der Waals surface area contributed by atoms with E-state index in [1.54, 1.807) is 0 Å². The van der Waals surface area contributed by atoms with Gasteiger partial charge in [0.2, 0.25) is 0 Å². The van der Waals surface area contributed by atoms with Crippen LogP contribution in [0.1, 0.15) is 78.1 Å². The third-order valence-electron chi connectivity index (χ3n) is 3.79. The highest BCUT2D eigenvalue weighted by molar-refractivity contribution is 5.76. The van der Waals surface area contributed by atoms with Crippen LogP contribution >= 0.6 is 0 Å². The van der Waals surface area contributed by atoms with Crippen LogP contribution in [0.2, 0.25) is 0 Å². The van der Waals surface area contributed by atoms with Crippen molar-refractivity contribution in [3.05, 3.63) is 0 Å². The van der Waals surface area contributed by atoms with Crippen molar-refractivity contribution in [1.82, 2.24) is 0 Å². The molecule has 0 heterocycles. The molecule has 0 amide bonds. The summed E-state index contributed by atoms with van der Waals surface area (Å²) in [4.78, 5) is 22.4. The molecule has 0 saturated carbocycles. The van der Waals surface area contributed by atoms with Gasteiger partial charge < -0.3 is 10.2 Å². The summed E-state index contributed by atoms with van der Waals surface area (Å²) in [5, 5.41) is 18.4. The van der Waals surface area contributed by atoms with E-state index in [1.165, 1.54) is 0 Å². The fourth-order valence-corrected chi connectivity index (χ4v) is 2.47. The molecule has 0 rings (SSSR count). The van der Waals surface area contributed by atoms with Gasteiger partial charge in [0.1, 0.15) is 0 Å². The predicted molar refractivity (Wildman–Crippen MR) is 75.2 cm³/mol. The standard InChI is InChI=1S/C15H28O4/c1-3-5-7-10-15(14(18)19,11-8-6-4-2)12-9-13(16)17/h3-12H2,1-2H3,(H,16,17)(H,18,19). The van der Waals surface area contributed by atoms with Gasteiger partial charge in [0.15, 0.2) is 0 Å². The molecule has 0 aromatic rings. The molecule has 0 radical (unpaired) electrons. The van der Waals surface area contributed by atoms with Crippen molar-refractivity contribution in [3.63, 3.8) is 0 Å². The van der Waals surface area contributed by atoms with Gasteiger partial charge in [-0.2, -0.15) is 0 Å². The minimum absolute atomic E-state index is 0.0510. The average Bonchev–Trinajstić information content (AvgIpc) is 2.35. The van der Waals surface area contributed by atoms with Gasteiger partial charge in [-0.15, -0.1) is 0 Å². The zero-order chi connectivity index (χ0) is 14.7. The summed E-state index contributed by atoms with van der Waals surface area (Å²) in [6.45, 7) is 4.16. The first-order valence-electron chi connectivity index (χ1n) is 7.43. The Morgan fingerprint density at radius 3 is 1.63 bits per heavy atom. The second-order valence-corrected chi connectivity index (χ2v) is 5.39. The van der Waals surface area contributed by atoms with Gasteiger partial charge in [0, 0.05) is 6.42 Å². The maximum absolute atomic E-state index is 11.6. The molecule has 0 fully saturated rings. The first-order chi connectivity index (χ1) is 8.98. The lowest BCUT2D eigenvalue weighted by molar-refractivity contribution is -0.151. The number of carboxylic acids is 2. The summed E-state index contributed by atoms with van der Waals surface area (Å²) in [5.41, 5.74) is -0.831. The van der Waals surface area contributed by atoms with Gasteiger partial charge in [0.05, 0.1) is 5.41 Å². The SMILES string of the molecule is CCCCCC(CCCCC)(CCC(=O)O)C(=O)O. The number of aliphatic carboxylic acids is 2. The summed E-state index contributed by atoms with van der Waals surface area (Å²) in [6, 6.07) is 0. The largest absolute Gasteiger partial charge is 0.481 e. The molecule has 0 aliphatic carbocycles. The monoisotopic (exact) mass is 272 g/mol. The summed E-state index contributed by atoms with van der Waals surface area (Å²) in [6.07, 6.45) is 7.26. The molecule has 0 aromatic heterocycles. The number of carboxylic acid groups (broad SMARTS) is 2. The van der Waals surface area contributed by atoms with Crippen molar-refractivity contribution < 1.29 is 19.8 Å². The highest BCUT2D eigenvalue weighted by Crippen LogP contribution is 2.36. The van der Waals surface area contributed by atoms with Gasteiger partial charge in [-0.3, -0.25) is 9.59 Å². The van der Waals surface area contributed by atoms with Crippen molar-refractivity contribution in [2.24, 2.45) is 5.41 Å². The highest BCUT2D eigenvalue weighted by Gasteiger charge is 2.37. The normalized spacial score (nSPS) is 11.5. The van der Waals surface area contributed by atoms with E-state index in [0.29, 0.717) is 12.8 Å². The van der Waals surface area contributed by atoms with E-state index in [-0.39, 0.29) is 12.8 Å². The van der Waals surface area contributed by atoms with E-state index >= 15 is 0 Å². The van der Waals surface area contributed by atoms with Crippen LogP contribution in [-0.2, 0) is 9.59 Å². The zero-order valence-corrected chi connectivity index (χ0v) is 12.3. The lowest BCUT2D eigenvalue weighted by Gasteiger charge is -2.29. The van der Waals surface area contributed by atoms with Crippen LogP contribution in [0.4, 0.5) is 0 Å². The number of hydrogen-bond acceptors (Lipinski definition) is 2. The molecule has 0 aliphatic rings. The molecule has 112 valence electrons. The van der Waals surface area contributed by atoms with Gasteiger partial charge >= 0.3 is 11.9 Å². The van der Waals surface area contributed by atoms with E-state index in [9.17, 15) is 14.7 Å². The number of hydrogen-bond donors (Lipinski definition) is 2. The Kier molecular flexibility index (Phi) is 9.27. The summed E-state index contributed by atoms with van der Waals surface area (Å²) < 4.78 is 0. The van der Waals surface area contributed by atoms with Crippen LogP contribution < -0.4 is 0 Å². The van der Waals surface area contributed by atoms with Crippen LogP contribution in [0.5, 0.6) is 0 Å². The van der Waals surface area contributed by atoms with Crippen LogP contribution in [0.15, 0.2) is 0 Å². The Hall–Kier alpha value is -1.06. The van der Waals surface area contributed by atoms with Crippen LogP contribution in [0, 0.1) is 5.41 Å². The fraction of sp³-hybridized carbons (Fsp3) is 0.867. The zero-order valence-electron chi connectivity index (χ0n) is 12.3. The molecule has 0 aromatic carbocycles. The lowest BCUT2D eigenvalue weighted by Crippen LogP contribution is -2.32. The highest BCUT2D eigenvalue weighted by atomic mass is 16.4. The Balaban J connectivity index is 4.66. The Labute approximate surface area is 116 Å². The number of unbranched alkanes of at least 4 members (excludes halogenated alkanes) is 4. The molecule has 0 saturated heterocycles. The second kappa shape index (κ2) is 9.82. The van der Waals surface area contributed by atoms with E-state index < -0.39 is 17.4 Å². The smallest absolute Gasteiger partial charge is 0.309 e. The molecule has 0 bridgehead atoms. The van der Waals surface area contributed by atoms with Crippen LogP contribution in [0.3, 0.4) is 0 Å². The predicted octanol–water partition coefficient (Wildman–Crippen LogP) is 4.08. The molecule has 0 unspecified atom stereocenters. The van der Waals surface area contributed by atoms with Crippen LogP contribution in [0.25, 0.3) is 0 Å². The summed E-state index contributed by atoms with van der Waals surface area (Å²) in [5.74, 6) is -1.72. The third kappa shape index (κ3) is 7.19. The Bertz CT molecular complexity index is 263. The third-order valence-corrected chi connectivity index (χ3v) is 3.79. The van der Waals surface area contributed by atoms with Gasteiger partial charge in [-0.05, 0) is 19.3 Å². The minimum Gasteiger partial charge on any atom is -0.481 e. The van der Waals surface area contributed by atoms with E-state index in [2.05, 4.69) is 13.8 Å². The van der Waals surface area contributed by atoms with Crippen molar-refractivity contribution in [2.75, 3.05) is 0 Å². The molecule has 0 spiro atoms. The van der Waals surface area contributed by atoms with Crippen molar-refractivity contribution in [1.29, 1.82) is 0 Å². The Morgan fingerprint density at radius 1 is 0.842 bits per heavy atom. The number of carbonyl (C=O) groups is 2. The first kappa shape index (κ1) is 17.9. The second-order valence-electron chi connectivity index (χ2n) is 5.39. The van der Waals surface area contributed by atoms with Crippen molar-refractivity contribution in [2.45, 2.75) is 78.1 Å². The summed E-state index contributed by atoms with van der Waals surface area (Å²) in [7, 11) is 0.